The first-order valence-corrected chi connectivity index (χ1v) is 5.80. The van der Waals surface area contributed by atoms with E-state index in [-0.39, 0.29) is 6.61 Å². The van der Waals surface area contributed by atoms with E-state index in [1.807, 2.05) is 18.2 Å². The maximum absolute atomic E-state index is 8.87. The van der Waals surface area contributed by atoms with E-state index in [0.29, 0.717) is 12.0 Å². The van der Waals surface area contributed by atoms with Gasteiger partial charge >= 0.3 is 0 Å². The molecule has 0 unspecified atom stereocenters. The van der Waals surface area contributed by atoms with Crippen LogP contribution >= 0.6 is 0 Å². The summed E-state index contributed by atoms with van der Waals surface area (Å²) in [4.78, 5) is 4.53. The van der Waals surface area contributed by atoms with Crippen LogP contribution in [0.15, 0.2) is 18.2 Å². The van der Waals surface area contributed by atoms with Crippen molar-refractivity contribution < 1.29 is 5.11 Å². The highest BCUT2D eigenvalue weighted by Crippen LogP contribution is 2.18. The van der Waals surface area contributed by atoms with E-state index >= 15 is 0 Å². The first-order chi connectivity index (χ1) is 8.30. The molecule has 0 bridgehead atoms. The van der Waals surface area contributed by atoms with Gasteiger partial charge in [0.05, 0.1) is 22.7 Å². The van der Waals surface area contributed by atoms with Gasteiger partial charge in [-0.2, -0.15) is 5.26 Å². The van der Waals surface area contributed by atoms with E-state index < -0.39 is 0 Å². The highest BCUT2D eigenvalue weighted by atomic mass is 16.2. The first-order valence-electron chi connectivity index (χ1n) is 5.80. The standard InChI is InChI=1S/C13H15N3O/c1-2-16-12-6-5-10(9-14)8-11(12)15-13(16)4-3-7-17/h5-6,8,17H,2-4,7H2,1H3. The van der Waals surface area contributed by atoms with Gasteiger partial charge in [-0.05, 0) is 31.5 Å². The van der Waals surface area contributed by atoms with Crippen molar-refractivity contribution >= 4 is 11.0 Å². The monoisotopic (exact) mass is 229 g/mol. The molecule has 0 saturated heterocycles. The number of aromatic nitrogens is 2. The minimum absolute atomic E-state index is 0.177. The number of nitriles is 1. The lowest BCUT2D eigenvalue weighted by Gasteiger charge is -2.04. The molecule has 88 valence electrons. The molecular weight excluding hydrogens is 214 g/mol. The van der Waals surface area contributed by atoms with Crippen LogP contribution in [0.2, 0.25) is 0 Å². The van der Waals surface area contributed by atoms with E-state index in [0.717, 1.165) is 29.8 Å². The molecule has 0 spiro atoms. The zero-order valence-corrected chi connectivity index (χ0v) is 9.85. The van der Waals surface area contributed by atoms with Crippen LogP contribution in [-0.2, 0) is 13.0 Å². The van der Waals surface area contributed by atoms with Gasteiger partial charge in [-0.25, -0.2) is 4.98 Å². The van der Waals surface area contributed by atoms with Crippen molar-refractivity contribution in [3.63, 3.8) is 0 Å². The van der Waals surface area contributed by atoms with Gasteiger partial charge in [-0.3, -0.25) is 0 Å². The number of rotatable bonds is 4. The minimum atomic E-state index is 0.177. The summed E-state index contributed by atoms with van der Waals surface area (Å²) in [5.41, 5.74) is 2.55. The van der Waals surface area contributed by atoms with Crippen molar-refractivity contribution in [2.75, 3.05) is 6.61 Å². The lowest BCUT2D eigenvalue weighted by molar-refractivity contribution is 0.287. The second-order valence-corrected chi connectivity index (χ2v) is 3.91. The molecule has 2 rings (SSSR count). The van der Waals surface area contributed by atoms with Gasteiger partial charge in [-0.15, -0.1) is 0 Å². The van der Waals surface area contributed by atoms with Crippen LogP contribution in [0.3, 0.4) is 0 Å². The van der Waals surface area contributed by atoms with Gasteiger partial charge in [0.25, 0.3) is 0 Å². The Kier molecular flexibility index (Phi) is 3.40. The number of aliphatic hydroxyl groups is 1. The van der Waals surface area contributed by atoms with Gasteiger partial charge in [0.15, 0.2) is 0 Å². The summed E-state index contributed by atoms with van der Waals surface area (Å²) < 4.78 is 2.13. The van der Waals surface area contributed by atoms with Crippen LogP contribution in [0.4, 0.5) is 0 Å². The first kappa shape index (κ1) is 11.6. The molecule has 1 N–H and O–H groups in total. The Morgan fingerprint density at radius 2 is 2.29 bits per heavy atom. The predicted molar refractivity (Wildman–Crippen MR) is 65.5 cm³/mol. The molecule has 1 aromatic heterocycles. The number of hydrogen-bond acceptors (Lipinski definition) is 3. The molecule has 1 aromatic carbocycles. The van der Waals surface area contributed by atoms with Crippen molar-refractivity contribution in [1.29, 1.82) is 5.26 Å². The van der Waals surface area contributed by atoms with E-state index in [1.165, 1.54) is 0 Å². The summed E-state index contributed by atoms with van der Waals surface area (Å²) in [6.07, 6.45) is 1.48. The fourth-order valence-electron chi connectivity index (χ4n) is 2.03. The minimum Gasteiger partial charge on any atom is -0.396 e. The Hall–Kier alpha value is -1.86. The molecule has 0 amide bonds. The molecular formula is C13H15N3O. The Bertz CT molecular complexity index is 566. The molecule has 0 saturated carbocycles. The van der Waals surface area contributed by atoms with Crippen LogP contribution in [-0.4, -0.2) is 21.3 Å². The highest BCUT2D eigenvalue weighted by molar-refractivity contribution is 5.77. The van der Waals surface area contributed by atoms with Crippen LogP contribution < -0.4 is 0 Å². The van der Waals surface area contributed by atoms with Crippen molar-refractivity contribution in [3.8, 4) is 6.07 Å². The van der Waals surface area contributed by atoms with Crippen LogP contribution in [0, 0.1) is 11.3 Å². The molecule has 0 radical (unpaired) electrons. The van der Waals surface area contributed by atoms with Gasteiger partial charge < -0.3 is 9.67 Å². The van der Waals surface area contributed by atoms with E-state index in [9.17, 15) is 0 Å². The van der Waals surface area contributed by atoms with Crippen molar-refractivity contribution in [2.45, 2.75) is 26.3 Å². The number of nitrogens with zero attached hydrogens (tertiary/aromatic N) is 3. The molecule has 17 heavy (non-hydrogen) atoms. The third kappa shape index (κ3) is 2.15. The number of imidazole rings is 1. The zero-order chi connectivity index (χ0) is 12.3. The summed E-state index contributed by atoms with van der Waals surface area (Å²) in [6, 6.07) is 7.68. The lowest BCUT2D eigenvalue weighted by atomic mass is 10.2. The van der Waals surface area contributed by atoms with Gasteiger partial charge in [-0.1, -0.05) is 0 Å². The number of aryl methyl sites for hydroxylation is 2. The summed E-state index contributed by atoms with van der Waals surface area (Å²) in [7, 11) is 0. The Balaban J connectivity index is 2.50. The lowest BCUT2D eigenvalue weighted by Crippen LogP contribution is -2.02. The third-order valence-electron chi connectivity index (χ3n) is 2.83. The highest BCUT2D eigenvalue weighted by Gasteiger charge is 2.09. The number of aliphatic hydroxyl groups excluding tert-OH is 1. The number of benzene rings is 1. The maximum Gasteiger partial charge on any atom is 0.109 e. The summed E-state index contributed by atoms with van der Waals surface area (Å²) in [5.74, 6) is 0.978. The quantitative estimate of drug-likeness (QED) is 0.870. The van der Waals surface area contributed by atoms with Gasteiger partial charge in [0, 0.05) is 19.6 Å². The van der Waals surface area contributed by atoms with Gasteiger partial charge in [0.1, 0.15) is 5.82 Å². The zero-order valence-electron chi connectivity index (χ0n) is 9.85. The molecule has 2 aromatic rings. The molecule has 4 heteroatoms. The van der Waals surface area contributed by atoms with E-state index in [2.05, 4.69) is 22.5 Å². The largest absolute Gasteiger partial charge is 0.396 e. The molecule has 4 nitrogen and oxygen atoms in total. The normalized spacial score (nSPS) is 10.6. The maximum atomic E-state index is 8.87. The van der Waals surface area contributed by atoms with E-state index in [1.54, 1.807) is 0 Å². The average Bonchev–Trinajstić information content (AvgIpc) is 2.72. The molecule has 0 aliphatic rings. The summed E-state index contributed by atoms with van der Waals surface area (Å²) in [5, 5.41) is 17.7. The van der Waals surface area contributed by atoms with Crippen molar-refractivity contribution in [2.24, 2.45) is 0 Å². The third-order valence-corrected chi connectivity index (χ3v) is 2.83. The van der Waals surface area contributed by atoms with Crippen molar-refractivity contribution in [1.82, 2.24) is 9.55 Å². The van der Waals surface area contributed by atoms with Crippen molar-refractivity contribution in [3.05, 3.63) is 29.6 Å². The Morgan fingerprint density at radius 1 is 1.47 bits per heavy atom. The fourth-order valence-corrected chi connectivity index (χ4v) is 2.03. The topological polar surface area (TPSA) is 61.8 Å². The average molecular weight is 229 g/mol. The van der Waals surface area contributed by atoms with Crippen LogP contribution in [0.5, 0.6) is 0 Å². The number of fused-ring (bicyclic) bond motifs is 1. The summed E-state index contributed by atoms with van der Waals surface area (Å²) in [6.45, 7) is 3.10. The molecule has 1 heterocycles. The Morgan fingerprint density at radius 3 is 2.94 bits per heavy atom. The predicted octanol–water partition coefficient (Wildman–Crippen LogP) is 1.85. The molecule has 0 aliphatic carbocycles. The fraction of sp³-hybridized carbons (Fsp3) is 0.385. The molecule has 0 aliphatic heterocycles. The van der Waals surface area contributed by atoms with Crippen LogP contribution in [0.25, 0.3) is 11.0 Å². The Labute approximate surface area is 100 Å². The second-order valence-electron chi connectivity index (χ2n) is 3.91. The van der Waals surface area contributed by atoms with E-state index in [4.69, 9.17) is 10.4 Å². The summed E-state index contributed by atoms with van der Waals surface area (Å²) >= 11 is 0. The second kappa shape index (κ2) is 4.98. The molecule has 0 atom stereocenters. The molecule has 0 fully saturated rings. The van der Waals surface area contributed by atoms with Crippen LogP contribution in [0.1, 0.15) is 24.7 Å². The SMILES string of the molecule is CCn1c(CCCO)nc2cc(C#N)ccc21. The van der Waals surface area contributed by atoms with Gasteiger partial charge in [0.2, 0.25) is 0 Å². The number of hydrogen-bond donors (Lipinski definition) is 1. The smallest absolute Gasteiger partial charge is 0.109 e.